The number of hydrogen-bond donors (Lipinski definition) is 2. The smallest absolute Gasteiger partial charge is 0.261 e. The highest BCUT2D eigenvalue weighted by Gasteiger charge is 2.18. The average molecular weight is 416 g/mol. The lowest BCUT2D eigenvalue weighted by Gasteiger charge is -2.08. The Morgan fingerprint density at radius 2 is 2.18 bits per heavy atom. The predicted molar refractivity (Wildman–Crippen MR) is 109 cm³/mol. The normalized spacial score (nSPS) is 12.4. The predicted octanol–water partition coefficient (Wildman–Crippen LogP) is 4.16. The molecule has 0 aliphatic carbocycles. The summed E-state index contributed by atoms with van der Waals surface area (Å²) >= 11 is 7.64. The molecule has 28 heavy (non-hydrogen) atoms. The largest absolute Gasteiger partial charge is 0.467 e. The molecule has 4 aromatic rings. The van der Waals surface area contributed by atoms with E-state index in [0.717, 1.165) is 21.5 Å². The number of aryl methyl sites for hydroxylation is 1. The second-order valence-electron chi connectivity index (χ2n) is 6.41. The van der Waals surface area contributed by atoms with Gasteiger partial charge in [0.05, 0.1) is 29.9 Å². The summed E-state index contributed by atoms with van der Waals surface area (Å²) in [6.07, 6.45) is 0.602. The Kier molecular flexibility index (Phi) is 5.21. The van der Waals surface area contributed by atoms with Crippen molar-refractivity contribution in [3.05, 3.63) is 75.6 Å². The second-order valence-corrected chi connectivity index (χ2v) is 7.84. The van der Waals surface area contributed by atoms with Gasteiger partial charge in [-0.1, -0.05) is 29.8 Å². The number of hydrogen-bond acceptors (Lipinski definition) is 5. The van der Waals surface area contributed by atoms with E-state index in [1.165, 1.54) is 17.6 Å². The van der Waals surface area contributed by atoms with Crippen molar-refractivity contribution >= 4 is 39.1 Å². The van der Waals surface area contributed by atoms with Gasteiger partial charge in [-0.25, -0.2) is 0 Å². The summed E-state index contributed by atoms with van der Waals surface area (Å²) < 4.78 is 7.01. The Balaban J connectivity index is 1.53. The molecule has 0 radical (unpaired) electrons. The fourth-order valence-corrected chi connectivity index (χ4v) is 4.25. The summed E-state index contributed by atoms with van der Waals surface area (Å²) in [7, 11) is 0. The monoisotopic (exact) mass is 415 g/mol. The molecule has 0 saturated heterocycles. The summed E-state index contributed by atoms with van der Waals surface area (Å²) in [6, 6.07) is 12.8. The second kappa shape index (κ2) is 7.79. The summed E-state index contributed by atoms with van der Waals surface area (Å²) in [6.45, 7) is 2.52. The van der Waals surface area contributed by atoms with E-state index in [1.807, 2.05) is 41.9 Å². The first kappa shape index (κ1) is 18.7. The summed E-state index contributed by atoms with van der Waals surface area (Å²) in [5.74, 6) is 0.179. The Morgan fingerprint density at radius 3 is 2.93 bits per heavy atom. The lowest BCUT2D eigenvalue weighted by atomic mass is 10.2. The number of amides is 1. The molecule has 6 nitrogen and oxygen atoms in total. The number of nitrogens with zero attached hydrogens (tertiary/aromatic N) is 2. The minimum atomic E-state index is -0.884. The van der Waals surface area contributed by atoms with E-state index < -0.39 is 6.10 Å². The van der Waals surface area contributed by atoms with Gasteiger partial charge in [0, 0.05) is 10.4 Å². The zero-order chi connectivity index (χ0) is 19.7. The van der Waals surface area contributed by atoms with Crippen LogP contribution in [0.4, 0.5) is 0 Å². The number of rotatable bonds is 6. The zero-order valence-corrected chi connectivity index (χ0v) is 16.6. The molecule has 0 fully saturated rings. The highest BCUT2D eigenvalue weighted by Crippen LogP contribution is 2.29. The van der Waals surface area contributed by atoms with E-state index in [1.54, 1.807) is 12.1 Å². The van der Waals surface area contributed by atoms with Crippen LogP contribution in [-0.4, -0.2) is 27.3 Å². The maximum absolute atomic E-state index is 12.5. The minimum absolute atomic E-state index is 0.0747. The molecule has 8 heteroatoms. The number of nitrogens with one attached hydrogen (secondary N) is 1. The Labute approximate surface area is 170 Å². The third-order valence-electron chi connectivity index (χ3n) is 4.44. The molecule has 3 heterocycles. The van der Waals surface area contributed by atoms with E-state index in [9.17, 15) is 9.90 Å². The fourth-order valence-electron chi connectivity index (χ4n) is 2.98. The molecule has 0 saturated carbocycles. The van der Waals surface area contributed by atoms with Gasteiger partial charge in [0.15, 0.2) is 0 Å². The maximum Gasteiger partial charge on any atom is 0.261 e. The molecular formula is C20H18ClN3O3S. The number of halogens is 1. The first-order chi connectivity index (χ1) is 13.5. The zero-order valence-electron chi connectivity index (χ0n) is 15.1. The van der Waals surface area contributed by atoms with Gasteiger partial charge in [0.25, 0.3) is 5.91 Å². The molecule has 2 N–H and O–H groups in total. The molecule has 0 aliphatic rings. The van der Waals surface area contributed by atoms with Crippen molar-refractivity contribution in [2.75, 3.05) is 6.54 Å². The van der Waals surface area contributed by atoms with Gasteiger partial charge in [-0.05, 0) is 36.8 Å². The van der Waals surface area contributed by atoms with Crippen LogP contribution in [0, 0.1) is 6.92 Å². The molecule has 0 bridgehead atoms. The van der Waals surface area contributed by atoms with Gasteiger partial charge in [-0.15, -0.1) is 11.3 Å². The van der Waals surface area contributed by atoms with Crippen LogP contribution in [-0.2, 0) is 6.54 Å². The summed E-state index contributed by atoms with van der Waals surface area (Å²) in [5.41, 5.74) is 1.82. The quantitative estimate of drug-likeness (QED) is 0.495. The van der Waals surface area contributed by atoms with Crippen LogP contribution in [0.3, 0.4) is 0 Å². The molecule has 0 spiro atoms. The number of fused-ring (bicyclic) bond motifs is 1. The number of carbonyl (C=O) groups is 1. The van der Waals surface area contributed by atoms with Crippen LogP contribution >= 0.6 is 22.9 Å². The van der Waals surface area contributed by atoms with Crippen molar-refractivity contribution in [2.24, 2.45) is 0 Å². The van der Waals surface area contributed by atoms with E-state index in [4.69, 9.17) is 16.0 Å². The van der Waals surface area contributed by atoms with Crippen molar-refractivity contribution in [3.8, 4) is 0 Å². The fraction of sp³-hybridized carbons (Fsp3) is 0.200. The molecule has 1 amide bonds. The van der Waals surface area contributed by atoms with Crippen LogP contribution in [0.2, 0.25) is 5.02 Å². The molecule has 0 aliphatic heterocycles. The maximum atomic E-state index is 12.5. The van der Waals surface area contributed by atoms with Gasteiger partial charge < -0.3 is 14.8 Å². The lowest BCUT2D eigenvalue weighted by molar-refractivity contribution is 0.0905. The van der Waals surface area contributed by atoms with E-state index in [0.29, 0.717) is 22.2 Å². The third-order valence-corrected chi connectivity index (χ3v) is 5.95. The number of aliphatic hydroxyl groups is 1. The first-order valence-electron chi connectivity index (χ1n) is 8.73. The number of carbonyl (C=O) groups excluding carboxylic acids is 1. The van der Waals surface area contributed by atoms with Gasteiger partial charge >= 0.3 is 0 Å². The van der Waals surface area contributed by atoms with Crippen molar-refractivity contribution in [1.82, 2.24) is 15.1 Å². The van der Waals surface area contributed by atoms with Crippen LogP contribution in [0.15, 0.2) is 53.1 Å². The van der Waals surface area contributed by atoms with E-state index in [-0.39, 0.29) is 12.5 Å². The number of aliphatic hydroxyl groups excluding tert-OH is 1. The molecule has 1 aromatic carbocycles. The standard InChI is InChI=1S/C20H18ClN3O3S/c1-12-14-9-18(19(26)22-10-16(25)17-7-4-8-27-17)28-20(14)24(23-12)11-13-5-2-3-6-15(13)21/h2-9,16,25H,10-11H2,1H3,(H,22,26). The lowest BCUT2D eigenvalue weighted by Crippen LogP contribution is -2.27. The molecule has 4 rings (SSSR count). The van der Waals surface area contributed by atoms with Gasteiger partial charge in [-0.2, -0.15) is 5.10 Å². The molecule has 144 valence electrons. The number of thiophene rings is 1. The minimum Gasteiger partial charge on any atom is -0.467 e. The summed E-state index contributed by atoms with van der Waals surface area (Å²) in [5, 5.41) is 19.0. The number of furan rings is 1. The van der Waals surface area contributed by atoms with Crippen molar-refractivity contribution in [3.63, 3.8) is 0 Å². The van der Waals surface area contributed by atoms with Crippen molar-refractivity contribution in [2.45, 2.75) is 19.6 Å². The van der Waals surface area contributed by atoms with Crippen molar-refractivity contribution < 1.29 is 14.3 Å². The number of benzene rings is 1. The molecule has 3 aromatic heterocycles. The highest BCUT2D eigenvalue weighted by molar-refractivity contribution is 7.20. The number of aromatic nitrogens is 2. The van der Waals surface area contributed by atoms with E-state index in [2.05, 4.69) is 10.4 Å². The van der Waals surface area contributed by atoms with Gasteiger partial charge in [0.2, 0.25) is 0 Å². The SMILES string of the molecule is Cc1nn(Cc2ccccc2Cl)c2sc(C(=O)NCC(O)c3ccco3)cc12. The molecule has 1 atom stereocenters. The molecular weight excluding hydrogens is 398 g/mol. The Hall–Kier alpha value is -2.61. The van der Waals surface area contributed by atoms with E-state index >= 15 is 0 Å². The van der Waals surface area contributed by atoms with Crippen molar-refractivity contribution in [1.29, 1.82) is 0 Å². The Bertz CT molecular complexity index is 1120. The van der Waals surface area contributed by atoms with Crippen LogP contribution < -0.4 is 5.32 Å². The van der Waals surface area contributed by atoms with Crippen LogP contribution in [0.1, 0.15) is 32.8 Å². The Morgan fingerprint density at radius 1 is 1.36 bits per heavy atom. The molecule has 1 unspecified atom stereocenters. The first-order valence-corrected chi connectivity index (χ1v) is 9.92. The van der Waals surface area contributed by atoms with Gasteiger partial charge in [-0.3, -0.25) is 9.48 Å². The topological polar surface area (TPSA) is 80.3 Å². The highest BCUT2D eigenvalue weighted by atomic mass is 35.5. The summed E-state index contributed by atoms with van der Waals surface area (Å²) in [4.78, 5) is 14.0. The van der Waals surface area contributed by atoms with Crippen LogP contribution in [0.5, 0.6) is 0 Å². The third kappa shape index (κ3) is 3.69. The van der Waals surface area contributed by atoms with Crippen LogP contribution in [0.25, 0.3) is 10.2 Å². The average Bonchev–Trinajstić information content (AvgIpc) is 3.41. The van der Waals surface area contributed by atoms with Gasteiger partial charge in [0.1, 0.15) is 16.7 Å².